The lowest BCUT2D eigenvalue weighted by Gasteiger charge is -2.13. The second kappa shape index (κ2) is 5.28. The highest BCUT2D eigenvalue weighted by atomic mass is 35.5. The zero-order valence-corrected chi connectivity index (χ0v) is 11.5. The molecule has 2 rings (SSSR count). The van der Waals surface area contributed by atoms with Crippen LogP contribution in [0.25, 0.3) is 0 Å². The zero-order valence-electron chi connectivity index (χ0n) is 10.7. The molecular formula is C14H14ClN3O. The average molecular weight is 276 g/mol. The second-order valence-electron chi connectivity index (χ2n) is 4.20. The SMILES string of the molecule is Cc1cc(Oc2cccc(Cl)c2)c(C(=N)N)c(C)n1. The molecule has 0 spiro atoms. The maximum atomic E-state index is 7.63. The first kappa shape index (κ1) is 13.4. The number of aromatic nitrogens is 1. The van der Waals surface area contributed by atoms with Crippen molar-refractivity contribution in [3.63, 3.8) is 0 Å². The number of halogens is 1. The summed E-state index contributed by atoms with van der Waals surface area (Å²) in [6.45, 7) is 3.66. The number of hydrogen-bond donors (Lipinski definition) is 2. The van der Waals surface area contributed by atoms with Crippen molar-refractivity contribution >= 4 is 17.4 Å². The van der Waals surface area contributed by atoms with Gasteiger partial charge < -0.3 is 10.5 Å². The first-order valence-electron chi connectivity index (χ1n) is 5.73. The molecule has 2 aromatic rings. The van der Waals surface area contributed by atoms with E-state index in [4.69, 9.17) is 27.5 Å². The van der Waals surface area contributed by atoms with Crippen molar-refractivity contribution in [3.8, 4) is 11.5 Å². The normalized spacial score (nSPS) is 10.3. The predicted molar refractivity (Wildman–Crippen MR) is 76.3 cm³/mol. The summed E-state index contributed by atoms with van der Waals surface area (Å²) in [5, 5.41) is 8.21. The smallest absolute Gasteiger partial charge is 0.141 e. The first-order chi connectivity index (χ1) is 8.97. The Hall–Kier alpha value is -2.07. The Kier molecular flexibility index (Phi) is 3.71. The van der Waals surface area contributed by atoms with E-state index >= 15 is 0 Å². The molecule has 0 aliphatic heterocycles. The number of nitrogens with zero attached hydrogens (tertiary/aromatic N) is 1. The van der Waals surface area contributed by atoms with Gasteiger partial charge in [-0.2, -0.15) is 0 Å². The topological polar surface area (TPSA) is 72.0 Å². The molecule has 98 valence electrons. The summed E-state index contributed by atoms with van der Waals surface area (Å²) in [5.41, 5.74) is 7.57. The van der Waals surface area contributed by atoms with Crippen LogP contribution in [0.1, 0.15) is 17.0 Å². The Morgan fingerprint density at radius 2 is 2.05 bits per heavy atom. The van der Waals surface area contributed by atoms with Crippen molar-refractivity contribution in [1.82, 2.24) is 4.98 Å². The van der Waals surface area contributed by atoms with Gasteiger partial charge in [-0.25, -0.2) is 0 Å². The number of pyridine rings is 1. The van der Waals surface area contributed by atoms with Gasteiger partial charge in [0.05, 0.1) is 11.3 Å². The van der Waals surface area contributed by atoms with Gasteiger partial charge >= 0.3 is 0 Å². The van der Waals surface area contributed by atoms with E-state index in [1.54, 1.807) is 37.3 Å². The molecule has 1 aromatic heterocycles. The highest BCUT2D eigenvalue weighted by Crippen LogP contribution is 2.28. The van der Waals surface area contributed by atoms with E-state index in [1.807, 2.05) is 6.92 Å². The van der Waals surface area contributed by atoms with E-state index in [9.17, 15) is 0 Å². The lowest BCUT2D eigenvalue weighted by Crippen LogP contribution is -2.15. The minimum absolute atomic E-state index is 0.0676. The molecule has 3 N–H and O–H groups in total. The minimum atomic E-state index is -0.0676. The number of ether oxygens (including phenoxy) is 1. The van der Waals surface area contributed by atoms with Gasteiger partial charge in [0.15, 0.2) is 0 Å². The maximum absolute atomic E-state index is 7.63. The van der Waals surface area contributed by atoms with Crippen LogP contribution in [-0.2, 0) is 0 Å². The molecule has 5 heteroatoms. The highest BCUT2D eigenvalue weighted by Gasteiger charge is 2.13. The van der Waals surface area contributed by atoms with Gasteiger partial charge in [-0.1, -0.05) is 17.7 Å². The van der Waals surface area contributed by atoms with E-state index in [2.05, 4.69) is 4.98 Å². The van der Waals surface area contributed by atoms with Crippen molar-refractivity contribution in [2.45, 2.75) is 13.8 Å². The van der Waals surface area contributed by atoms with Crippen molar-refractivity contribution in [1.29, 1.82) is 5.41 Å². The Morgan fingerprint density at radius 1 is 1.32 bits per heavy atom. The molecule has 19 heavy (non-hydrogen) atoms. The van der Waals surface area contributed by atoms with Crippen LogP contribution < -0.4 is 10.5 Å². The second-order valence-corrected chi connectivity index (χ2v) is 4.63. The molecule has 1 heterocycles. The Labute approximate surface area is 116 Å². The van der Waals surface area contributed by atoms with Gasteiger partial charge in [-0.15, -0.1) is 0 Å². The zero-order chi connectivity index (χ0) is 14.0. The molecule has 0 fully saturated rings. The van der Waals surface area contributed by atoms with Crippen molar-refractivity contribution in [2.75, 3.05) is 0 Å². The quantitative estimate of drug-likeness (QED) is 0.666. The van der Waals surface area contributed by atoms with Crippen LogP contribution in [0.3, 0.4) is 0 Å². The molecular weight excluding hydrogens is 262 g/mol. The maximum Gasteiger partial charge on any atom is 0.141 e. The molecule has 1 aromatic carbocycles. The van der Waals surface area contributed by atoms with E-state index < -0.39 is 0 Å². The monoisotopic (exact) mass is 275 g/mol. The summed E-state index contributed by atoms with van der Waals surface area (Å²) in [6.07, 6.45) is 0. The van der Waals surface area contributed by atoms with Crippen LogP contribution >= 0.6 is 11.6 Å². The number of nitrogens with one attached hydrogen (secondary N) is 1. The lowest BCUT2D eigenvalue weighted by atomic mass is 10.1. The molecule has 0 bridgehead atoms. The summed E-state index contributed by atoms with van der Waals surface area (Å²) < 4.78 is 5.77. The molecule has 0 aliphatic carbocycles. The third kappa shape index (κ3) is 3.03. The van der Waals surface area contributed by atoms with Gasteiger partial charge in [0.1, 0.15) is 17.3 Å². The van der Waals surface area contributed by atoms with Gasteiger partial charge in [0, 0.05) is 16.8 Å². The van der Waals surface area contributed by atoms with Crippen LogP contribution in [0.2, 0.25) is 5.02 Å². The summed E-state index contributed by atoms with van der Waals surface area (Å²) in [7, 11) is 0. The van der Waals surface area contributed by atoms with Crippen LogP contribution in [0.5, 0.6) is 11.5 Å². The summed E-state index contributed by atoms with van der Waals surface area (Å²) >= 11 is 5.92. The third-order valence-corrected chi connectivity index (χ3v) is 2.82. The van der Waals surface area contributed by atoms with Crippen molar-refractivity contribution in [3.05, 3.63) is 52.3 Å². The van der Waals surface area contributed by atoms with E-state index in [1.165, 1.54) is 0 Å². The van der Waals surface area contributed by atoms with Crippen molar-refractivity contribution < 1.29 is 4.74 Å². The number of nitrogens with two attached hydrogens (primary N) is 1. The first-order valence-corrected chi connectivity index (χ1v) is 6.11. The largest absolute Gasteiger partial charge is 0.456 e. The van der Waals surface area contributed by atoms with Crippen LogP contribution in [0.4, 0.5) is 0 Å². The fourth-order valence-corrected chi connectivity index (χ4v) is 2.04. The highest BCUT2D eigenvalue weighted by molar-refractivity contribution is 6.30. The predicted octanol–water partition coefficient (Wildman–Crippen LogP) is 3.43. The van der Waals surface area contributed by atoms with Gasteiger partial charge in [-0.05, 0) is 32.0 Å². The summed E-state index contributed by atoms with van der Waals surface area (Å²) in [5.74, 6) is 1.04. The molecule has 0 radical (unpaired) electrons. The number of hydrogen-bond acceptors (Lipinski definition) is 3. The number of rotatable bonds is 3. The Bertz CT molecular complexity index is 641. The average Bonchev–Trinajstić information content (AvgIpc) is 2.26. The van der Waals surface area contributed by atoms with Gasteiger partial charge in [0.2, 0.25) is 0 Å². The van der Waals surface area contributed by atoms with Crippen LogP contribution in [-0.4, -0.2) is 10.8 Å². The lowest BCUT2D eigenvalue weighted by molar-refractivity contribution is 0.479. The molecule has 0 aliphatic rings. The molecule has 0 amide bonds. The molecule has 0 unspecified atom stereocenters. The third-order valence-electron chi connectivity index (χ3n) is 2.59. The standard InChI is InChI=1S/C14H14ClN3O/c1-8-6-12(13(14(16)17)9(2)18-8)19-11-5-3-4-10(15)7-11/h3-7H,1-2H3,(H3,16,17). The van der Waals surface area contributed by atoms with Crippen molar-refractivity contribution in [2.24, 2.45) is 5.73 Å². The van der Waals surface area contributed by atoms with E-state index in [0.717, 1.165) is 5.69 Å². The van der Waals surface area contributed by atoms with Gasteiger partial charge in [0.25, 0.3) is 0 Å². The summed E-state index contributed by atoms with van der Waals surface area (Å²) in [6, 6.07) is 8.82. The molecule has 4 nitrogen and oxygen atoms in total. The Morgan fingerprint density at radius 3 is 2.68 bits per heavy atom. The van der Waals surface area contributed by atoms with Gasteiger partial charge in [-0.3, -0.25) is 10.4 Å². The minimum Gasteiger partial charge on any atom is -0.456 e. The van der Waals surface area contributed by atoms with Crippen LogP contribution in [0, 0.1) is 19.3 Å². The summed E-state index contributed by atoms with van der Waals surface area (Å²) in [4.78, 5) is 4.29. The fourth-order valence-electron chi connectivity index (χ4n) is 1.86. The number of amidine groups is 1. The van der Waals surface area contributed by atoms with E-state index in [0.29, 0.717) is 27.8 Å². The number of benzene rings is 1. The molecule has 0 saturated carbocycles. The number of aryl methyl sites for hydroxylation is 2. The molecule has 0 saturated heterocycles. The fraction of sp³-hybridized carbons (Fsp3) is 0.143. The number of nitrogen functional groups attached to an aromatic ring is 1. The molecule has 0 atom stereocenters. The van der Waals surface area contributed by atoms with Crippen LogP contribution in [0.15, 0.2) is 30.3 Å². The van der Waals surface area contributed by atoms with E-state index in [-0.39, 0.29) is 5.84 Å². The Balaban J connectivity index is 2.47.